The van der Waals surface area contributed by atoms with Crippen molar-refractivity contribution in [1.82, 2.24) is 5.32 Å². The van der Waals surface area contributed by atoms with E-state index in [1.165, 1.54) is 51.4 Å². The van der Waals surface area contributed by atoms with Crippen LogP contribution in [0.25, 0.3) is 0 Å². The summed E-state index contributed by atoms with van der Waals surface area (Å²) in [5.74, 6) is 0. The van der Waals surface area contributed by atoms with Crippen LogP contribution in [0.15, 0.2) is 0 Å². The summed E-state index contributed by atoms with van der Waals surface area (Å²) in [6.45, 7) is 3.06. The summed E-state index contributed by atoms with van der Waals surface area (Å²) in [6.07, 6.45) is 10.8. The summed E-state index contributed by atoms with van der Waals surface area (Å²) in [4.78, 5) is 0. The molecule has 1 rings (SSSR count). The van der Waals surface area contributed by atoms with Gasteiger partial charge in [0.15, 0.2) is 0 Å². The molecule has 0 aromatic rings. The van der Waals surface area contributed by atoms with Crippen LogP contribution in [0.3, 0.4) is 0 Å². The van der Waals surface area contributed by atoms with Crippen LogP contribution < -0.4 is 11.1 Å². The molecule has 1 fully saturated rings. The Morgan fingerprint density at radius 2 is 2.00 bits per heavy atom. The molecular formula is C12H26N2. The van der Waals surface area contributed by atoms with Crippen molar-refractivity contribution < 1.29 is 0 Å². The van der Waals surface area contributed by atoms with Gasteiger partial charge in [0.2, 0.25) is 0 Å². The smallest absolute Gasteiger partial charge is 0.0192 e. The zero-order valence-corrected chi connectivity index (χ0v) is 9.60. The van der Waals surface area contributed by atoms with Crippen LogP contribution >= 0.6 is 0 Å². The first-order chi connectivity index (χ1) is 6.86. The quantitative estimate of drug-likeness (QED) is 0.617. The molecule has 0 aliphatic heterocycles. The van der Waals surface area contributed by atoms with Gasteiger partial charge in [-0.1, -0.05) is 39.0 Å². The molecule has 2 nitrogen and oxygen atoms in total. The second-order valence-electron chi connectivity index (χ2n) is 4.58. The summed E-state index contributed by atoms with van der Waals surface area (Å²) < 4.78 is 0. The van der Waals surface area contributed by atoms with Crippen LogP contribution in [0.1, 0.15) is 58.3 Å². The average molecular weight is 198 g/mol. The summed E-state index contributed by atoms with van der Waals surface area (Å²) in [7, 11) is 0. The lowest BCUT2D eigenvalue weighted by molar-refractivity contribution is 0.403. The molecule has 0 aromatic heterocycles. The van der Waals surface area contributed by atoms with Crippen molar-refractivity contribution in [3.8, 4) is 0 Å². The standard InChI is InChI=1S/C12H26N2/c1-2-3-4-9-12(10-13)14-11-7-5-6-8-11/h11-12,14H,2-10,13H2,1H3. The molecule has 0 amide bonds. The van der Waals surface area contributed by atoms with Crippen molar-refractivity contribution >= 4 is 0 Å². The Kier molecular flexibility index (Phi) is 6.20. The number of hydrogen-bond acceptors (Lipinski definition) is 2. The molecule has 0 radical (unpaired) electrons. The van der Waals surface area contributed by atoms with Crippen LogP contribution in [-0.4, -0.2) is 18.6 Å². The van der Waals surface area contributed by atoms with Crippen molar-refractivity contribution in [2.45, 2.75) is 70.4 Å². The number of nitrogens with two attached hydrogens (primary N) is 1. The third-order valence-electron chi connectivity index (χ3n) is 3.27. The van der Waals surface area contributed by atoms with Crippen molar-refractivity contribution in [3.63, 3.8) is 0 Å². The van der Waals surface area contributed by atoms with Crippen LogP contribution in [0, 0.1) is 0 Å². The molecule has 2 heteroatoms. The fraction of sp³-hybridized carbons (Fsp3) is 1.00. The van der Waals surface area contributed by atoms with Crippen LogP contribution in [-0.2, 0) is 0 Å². The highest BCUT2D eigenvalue weighted by Crippen LogP contribution is 2.18. The van der Waals surface area contributed by atoms with Gasteiger partial charge in [-0.3, -0.25) is 0 Å². The molecular weight excluding hydrogens is 172 g/mol. The minimum absolute atomic E-state index is 0.574. The van der Waals surface area contributed by atoms with Gasteiger partial charge in [0.25, 0.3) is 0 Å². The maximum absolute atomic E-state index is 5.77. The first kappa shape index (κ1) is 12.0. The second-order valence-corrected chi connectivity index (χ2v) is 4.58. The van der Waals surface area contributed by atoms with Gasteiger partial charge in [0.05, 0.1) is 0 Å². The van der Waals surface area contributed by atoms with Gasteiger partial charge in [-0.05, 0) is 19.3 Å². The zero-order chi connectivity index (χ0) is 10.2. The summed E-state index contributed by atoms with van der Waals surface area (Å²) in [5.41, 5.74) is 5.77. The van der Waals surface area contributed by atoms with Crippen molar-refractivity contribution in [3.05, 3.63) is 0 Å². The van der Waals surface area contributed by atoms with Gasteiger partial charge in [-0.25, -0.2) is 0 Å². The minimum atomic E-state index is 0.574. The van der Waals surface area contributed by atoms with E-state index in [-0.39, 0.29) is 0 Å². The molecule has 0 heterocycles. The third kappa shape index (κ3) is 4.43. The van der Waals surface area contributed by atoms with Gasteiger partial charge >= 0.3 is 0 Å². The van der Waals surface area contributed by atoms with E-state index in [4.69, 9.17) is 5.73 Å². The molecule has 0 saturated heterocycles. The Hall–Kier alpha value is -0.0800. The Balaban J connectivity index is 2.10. The van der Waals surface area contributed by atoms with Gasteiger partial charge in [-0.15, -0.1) is 0 Å². The normalized spacial score (nSPS) is 20.1. The highest BCUT2D eigenvalue weighted by atomic mass is 15.0. The minimum Gasteiger partial charge on any atom is -0.329 e. The van der Waals surface area contributed by atoms with E-state index in [0.717, 1.165) is 12.6 Å². The fourth-order valence-electron chi connectivity index (χ4n) is 2.34. The first-order valence-corrected chi connectivity index (χ1v) is 6.33. The van der Waals surface area contributed by atoms with Gasteiger partial charge < -0.3 is 11.1 Å². The van der Waals surface area contributed by atoms with E-state index in [0.29, 0.717) is 6.04 Å². The Morgan fingerprint density at radius 1 is 1.29 bits per heavy atom. The molecule has 1 saturated carbocycles. The van der Waals surface area contributed by atoms with Gasteiger partial charge in [0.1, 0.15) is 0 Å². The number of rotatable bonds is 7. The Morgan fingerprint density at radius 3 is 2.57 bits per heavy atom. The van der Waals surface area contributed by atoms with Crippen molar-refractivity contribution in [2.75, 3.05) is 6.54 Å². The van der Waals surface area contributed by atoms with E-state index < -0.39 is 0 Å². The second kappa shape index (κ2) is 7.24. The average Bonchev–Trinajstić information content (AvgIpc) is 2.69. The number of unbranched alkanes of at least 4 members (excludes halogenated alkanes) is 2. The SMILES string of the molecule is CCCCCC(CN)NC1CCCC1. The fourth-order valence-corrected chi connectivity index (χ4v) is 2.34. The van der Waals surface area contributed by atoms with E-state index >= 15 is 0 Å². The van der Waals surface area contributed by atoms with E-state index in [9.17, 15) is 0 Å². The molecule has 0 bridgehead atoms. The Labute approximate surface area is 88.6 Å². The molecule has 1 aliphatic carbocycles. The highest BCUT2D eigenvalue weighted by Gasteiger charge is 2.17. The lowest BCUT2D eigenvalue weighted by Gasteiger charge is -2.21. The van der Waals surface area contributed by atoms with E-state index in [1.54, 1.807) is 0 Å². The molecule has 0 aromatic carbocycles. The van der Waals surface area contributed by atoms with E-state index in [2.05, 4.69) is 12.2 Å². The molecule has 1 unspecified atom stereocenters. The van der Waals surface area contributed by atoms with E-state index in [1.807, 2.05) is 0 Å². The van der Waals surface area contributed by atoms with Gasteiger partial charge in [0, 0.05) is 18.6 Å². The monoisotopic (exact) mass is 198 g/mol. The maximum Gasteiger partial charge on any atom is 0.0192 e. The summed E-state index contributed by atoms with van der Waals surface area (Å²) in [6, 6.07) is 1.34. The first-order valence-electron chi connectivity index (χ1n) is 6.33. The lowest BCUT2D eigenvalue weighted by Crippen LogP contribution is -2.41. The van der Waals surface area contributed by atoms with Crippen LogP contribution in [0.4, 0.5) is 0 Å². The molecule has 1 atom stereocenters. The zero-order valence-electron chi connectivity index (χ0n) is 9.60. The molecule has 84 valence electrons. The van der Waals surface area contributed by atoms with Crippen molar-refractivity contribution in [2.24, 2.45) is 5.73 Å². The molecule has 1 aliphatic rings. The Bertz CT molecular complexity index is 130. The topological polar surface area (TPSA) is 38.0 Å². The molecule has 14 heavy (non-hydrogen) atoms. The molecule has 0 spiro atoms. The molecule has 3 N–H and O–H groups in total. The van der Waals surface area contributed by atoms with Crippen LogP contribution in [0.2, 0.25) is 0 Å². The largest absolute Gasteiger partial charge is 0.329 e. The third-order valence-corrected chi connectivity index (χ3v) is 3.27. The van der Waals surface area contributed by atoms with Crippen molar-refractivity contribution in [1.29, 1.82) is 0 Å². The predicted molar refractivity (Wildman–Crippen MR) is 62.4 cm³/mol. The van der Waals surface area contributed by atoms with Gasteiger partial charge in [-0.2, -0.15) is 0 Å². The predicted octanol–water partition coefficient (Wildman–Crippen LogP) is 2.43. The summed E-state index contributed by atoms with van der Waals surface area (Å²) >= 11 is 0. The summed E-state index contributed by atoms with van der Waals surface area (Å²) in [5, 5.41) is 3.70. The maximum atomic E-state index is 5.77. The number of hydrogen-bond donors (Lipinski definition) is 2. The lowest BCUT2D eigenvalue weighted by atomic mass is 10.1. The highest BCUT2D eigenvalue weighted by molar-refractivity contribution is 4.79. The number of nitrogens with one attached hydrogen (secondary N) is 1. The van der Waals surface area contributed by atoms with Crippen LogP contribution in [0.5, 0.6) is 0 Å².